The van der Waals surface area contributed by atoms with Gasteiger partial charge in [0.05, 0.1) is 18.7 Å². The van der Waals surface area contributed by atoms with Crippen LogP contribution in [0.4, 0.5) is 5.82 Å². The molecule has 4 heterocycles. The molecule has 5 rings (SSSR count). The van der Waals surface area contributed by atoms with Gasteiger partial charge in [-0.1, -0.05) is 12.6 Å². The van der Waals surface area contributed by atoms with Crippen molar-refractivity contribution in [3.63, 3.8) is 0 Å². The van der Waals surface area contributed by atoms with E-state index in [2.05, 4.69) is 26.1 Å². The second-order valence-corrected chi connectivity index (χ2v) is 8.85. The van der Waals surface area contributed by atoms with Crippen molar-refractivity contribution < 1.29 is 14.3 Å². The van der Waals surface area contributed by atoms with Crippen LogP contribution in [-0.4, -0.2) is 50.5 Å². The summed E-state index contributed by atoms with van der Waals surface area (Å²) in [5.74, 6) is 2.20. The first-order valence-corrected chi connectivity index (χ1v) is 11.7. The number of amides is 1. The molecule has 1 aromatic carbocycles. The summed E-state index contributed by atoms with van der Waals surface area (Å²) in [6.07, 6.45) is 5.34. The highest BCUT2D eigenvalue weighted by Crippen LogP contribution is 2.44. The minimum Gasteiger partial charge on any atom is -0.493 e. The number of aromatic nitrogens is 4. The fourth-order valence-corrected chi connectivity index (χ4v) is 4.93. The summed E-state index contributed by atoms with van der Waals surface area (Å²) < 4.78 is 13.8. The third-order valence-electron chi connectivity index (χ3n) is 6.67. The van der Waals surface area contributed by atoms with Gasteiger partial charge in [-0.05, 0) is 49.2 Å². The quantitative estimate of drug-likeness (QED) is 0.408. The number of anilines is 1. The predicted molar refractivity (Wildman–Crippen MR) is 138 cm³/mol. The lowest BCUT2D eigenvalue weighted by Gasteiger charge is -2.18. The van der Waals surface area contributed by atoms with Crippen molar-refractivity contribution in [1.82, 2.24) is 24.4 Å². The Morgan fingerprint density at radius 2 is 2.03 bits per heavy atom. The van der Waals surface area contributed by atoms with Crippen LogP contribution in [0.3, 0.4) is 0 Å². The molecule has 0 spiro atoms. The molecule has 1 atom stereocenters. The molecule has 4 aromatic rings. The number of benzene rings is 1. The average molecular weight is 485 g/mol. The molecule has 1 aliphatic heterocycles. The molecule has 1 unspecified atom stereocenters. The first kappa shape index (κ1) is 23.3. The van der Waals surface area contributed by atoms with Gasteiger partial charge in [-0.25, -0.2) is 9.97 Å². The number of methoxy groups -OCH3 is 1. The van der Waals surface area contributed by atoms with Gasteiger partial charge in [-0.3, -0.25) is 9.78 Å². The normalized spacial score (nSPS) is 15.3. The molecule has 1 fully saturated rings. The molecule has 1 aliphatic rings. The van der Waals surface area contributed by atoms with E-state index in [9.17, 15) is 4.79 Å². The summed E-state index contributed by atoms with van der Waals surface area (Å²) in [6, 6.07) is 9.55. The summed E-state index contributed by atoms with van der Waals surface area (Å²) in [6.45, 7) is 6.81. The lowest BCUT2D eigenvalue weighted by Crippen LogP contribution is -2.26. The Kier molecular flexibility index (Phi) is 6.05. The van der Waals surface area contributed by atoms with Gasteiger partial charge < -0.3 is 24.7 Å². The Hall–Kier alpha value is -4.40. The smallest absolute Gasteiger partial charge is 0.245 e. The number of pyridine rings is 1. The summed E-state index contributed by atoms with van der Waals surface area (Å²) in [5, 5.41) is 0.780. The molecule has 9 heteroatoms. The van der Waals surface area contributed by atoms with Crippen molar-refractivity contribution in [3.05, 3.63) is 66.9 Å². The van der Waals surface area contributed by atoms with Gasteiger partial charge in [-0.2, -0.15) is 0 Å². The Morgan fingerprint density at radius 1 is 1.19 bits per heavy atom. The van der Waals surface area contributed by atoms with Crippen molar-refractivity contribution in [1.29, 1.82) is 0 Å². The van der Waals surface area contributed by atoms with Crippen molar-refractivity contribution >= 4 is 22.8 Å². The van der Waals surface area contributed by atoms with Gasteiger partial charge in [0, 0.05) is 43.0 Å². The van der Waals surface area contributed by atoms with Crippen LogP contribution in [0.5, 0.6) is 17.2 Å². The van der Waals surface area contributed by atoms with Crippen molar-refractivity contribution in [3.8, 4) is 28.4 Å². The number of hydrogen-bond acceptors (Lipinski definition) is 7. The number of nitrogens with zero attached hydrogens (tertiary/aromatic N) is 5. The molecule has 0 saturated carbocycles. The first-order valence-electron chi connectivity index (χ1n) is 11.7. The van der Waals surface area contributed by atoms with E-state index < -0.39 is 0 Å². The highest BCUT2D eigenvalue weighted by Gasteiger charge is 2.32. The van der Waals surface area contributed by atoms with Gasteiger partial charge in [0.15, 0.2) is 11.5 Å². The van der Waals surface area contributed by atoms with Crippen LogP contribution in [0.15, 0.2) is 55.5 Å². The fraction of sp³-hybridized carbons (Fsp3) is 0.259. The van der Waals surface area contributed by atoms with Crippen molar-refractivity contribution in [2.45, 2.75) is 19.3 Å². The maximum atomic E-state index is 12.3. The lowest BCUT2D eigenvalue weighted by atomic mass is 9.94. The number of fused-ring (bicyclic) bond motifs is 1. The number of rotatable bonds is 6. The predicted octanol–water partition coefficient (Wildman–Crippen LogP) is 4.22. The number of likely N-dealkylation sites (tertiary alicyclic amines) is 1. The number of nitrogens with two attached hydrogens (primary N) is 1. The van der Waals surface area contributed by atoms with Crippen LogP contribution in [0.2, 0.25) is 0 Å². The Bertz CT molecular complexity index is 1460. The number of carbonyl (C=O) groups is 1. The Morgan fingerprint density at radius 3 is 2.75 bits per heavy atom. The van der Waals surface area contributed by atoms with Gasteiger partial charge >= 0.3 is 0 Å². The minimum absolute atomic E-state index is 0.0640. The van der Waals surface area contributed by atoms with E-state index in [1.807, 2.05) is 49.2 Å². The average Bonchev–Trinajstić information content (AvgIpc) is 3.49. The van der Waals surface area contributed by atoms with Crippen LogP contribution in [-0.2, 0) is 11.8 Å². The van der Waals surface area contributed by atoms with Crippen LogP contribution in [0, 0.1) is 6.92 Å². The zero-order chi connectivity index (χ0) is 25.4. The van der Waals surface area contributed by atoms with Crippen LogP contribution < -0.4 is 15.2 Å². The SMILES string of the molecule is C=CC(=O)N1CCC(c2c(-c3ccc(Oc4ccc(C)nc4)c(OC)c3)c3c(N)ncnc3n2C)C1. The molecule has 0 bridgehead atoms. The minimum atomic E-state index is -0.0640. The second-order valence-electron chi connectivity index (χ2n) is 8.85. The van der Waals surface area contributed by atoms with Gasteiger partial charge in [-0.15, -0.1) is 0 Å². The summed E-state index contributed by atoms with van der Waals surface area (Å²) in [7, 11) is 3.58. The first-order chi connectivity index (χ1) is 17.4. The largest absolute Gasteiger partial charge is 0.493 e. The monoisotopic (exact) mass is 484 g/mol. The van der Waals surface area contributed by atoms with Crippen molar-refractivity contribution in [2.75, 3.05) is 25.9 Å². The van der Waals surface area contributed by atoms with E-state index in [0.717, 1.165) is 40.0 Å². The van der Waals surface area contributed by atoms with E-state index in [1.54, 1.807) is 13.3 Å². The third kappa shape index (κ3) is 4.02. The summed E-state index contributed by atoms with van der Waals surface area (Å²) in [4.78, 5) is 27.2. The summed E-state index contributed by atoms with van der Waals surface area (Å²) >= 11 is 0. The molecule has 1 amide bonds. The standard InChI is InChI=1S/C27H28N6O3/c1-5-22(34)33-11-10-18(14-33)25-23(24-26(28)30-15-31-27(24)32(25)3)17-7-9-20(21(12-17)35-4)36-19-8-6-16(2)29-13-19/h5-9,12-13,15,18H,1,10-11,14H2,2-4H3,(H2,28,30,31). The number of ether oxygens (including phenoxy) is 2. The van der Waals surface area contributed by atoms with E-state index in [0.29, 0.717) is 36.2 Å². The number of carbonyl (C=O) groups excluding carboxylic acids is 1. The zero-order valence-corrected chi connectivity index (χ0v) is 20.6. The highest BCUT2D eigenvalue weighted by molar-refractivity contribution is 6.03. The van der Waals surface area contributed by atoms with E-state index in [1.165, 1.54) is 12.4 Å². The molecular weight excluding hydrogens is 456 g/mol. The molecule has 3 aromatic heterocycles. The van der Waals surface area contributed by atoms with E-state index in [4.69, 9.17) is 15.2 Å². The van der Waals surface area contributed by atoms with Gasteiger partial charge in [0.25, 0.3) is 0 Å². The zero-order valence-electron chi connectivity index (χ0n) is 20.6. The van der Waals surface area contributed by atoms with E-state index >= 15 is 0 Å². The fourth-order valence-electron chi connectivity index (χ4n) is 4.93. The Balaban J connectivity index is 1.62. The molecule has 1 saturated heterocycles. The molecule has 36 heavy (non-hydrogen) atoms. The molecule has 184 valence electrons. The third-order valence-corrected chi connectivity index (χ3v) is 6.67. The molecule has 9 nitrogen and oxygen atoms in total. The second kappa shape index (κ2) is 9.33. The van der Waals surface area contributed by atoms with Crippen molar-refractivity contribution in [2.24, 2.45) is 7.05 Å². The highest BCUT2D eigenvalue weighted by atomic mass is 16.5. The molecule has 0 radical (unpaired) electrons. The van der Waals surface area contributed by atoms with Gasteiger partial charge in [0.1, 0.15) is 23.5 Å². The molecule has 2 N–H and O–H groups in total. The topological polar surface area (TPSA) is 108 Å². The summed E-state index contributed by atoms with van der Waals surface area (Å²) in [5.41, 5.74) is 10.9. The molecule has 0 aliphatic carbocycles. The number of aryl methyl sites for hydroxylation is 2. The van der Waals surface area contributed by atoms with Crippen LogP contribution >= 0.6 is 0 Å². The number of nitrogen functional groups attached to an aromatic ring is 1. The number of hydrogen-bond donors (Lipinski definition) is 1. The van der Waals surface area contributed by atoms with Crippen LogP contribution in [0.1, 0.15) is 23.7 Å². The van der Waals surface area contributed by atoms with Crippen LogP contribution in [0.25, 0.3) is 22.2 Å². The molecular formula is C27H28N6O3. The Labute approximate surface area is 209 Å². The maximum Gasteiger partial charge on any atom is 0.245 e. The maximum absolute atomic E-state index is 12.3. The lowest BCUT2D eigenvalue weighted by molar-refractivity contribution is -0.125. The van der Waals surface area contributed by atoms with Gasteiger partial charge in [0.2, 0.25) is 5.91 Å². The van der Waals surface area contributed by atoms with E-state index in [-0.39, 0.29) is 11.8 Å².